The molecule has 3 heterocycles. The van der Waals surface area contributed by atoms with E-state index in [-0.39, 0.29) is 18.4 Å². The van der Waals surface area contributed by atoms with Crippen LogP contribution in [0.1, 0.15) is 33.9 Å². The maximum Gasteiger partial charge on any atom is 0.255 e. The molecule has 118 valence electrons. The Morgan fingerprint density at radius 2 is 2.18 bits per heavy atom. The van der Waals surface area contributed by atoms with Crippen molar-refractivity contribution in [2.24, 2.45) is 5.92 Å². The third-order valence-electron chi connectivity index (χ3n) is 4.34. The molecular weight excluding hydrogens is 282 g/mol. The lowest BCUT2D eigenvalue weighted by Gasteiger charge is -2.16. The van der Waals surface area contributed by atoms with E-state index in [1.54, 1.807) is 0 Å². The number of aliphatic hydroxyl groups excluding tert-OH is 1. The number of aliphatic hydroxyl groups is 1. The van der Waals surface area contributed by atoms with Gasteiger partial charge in [0, 0.05) is 43.1 Å². The molecular formula is C16H21N3O3. The van der Waals surface area contributed by atoms with E-state index in [2.05, 4.69) is 5.16 Å². The van der Waals surface area contributed by atoms with Crippen molar-refractivity contribution in [3.63, 3.8) is 0 Å². The largest absolute Gasteiger partial charge is 0.396 e. The highest BCUT2D eigenvalue weighted by Gasteiger charge is 2.29. The van der Waals surface area contributed by atoms with E-state index in [1.165, 1.54) is 0 Å². The van der Waals surface area contributed by atoms with Crippen molar-refractivity contribution in [3.05, 3.63) is 34.8 Å². The minimum absolute atomic E-state index is 0.0236. The number of nitrogens with zero attached hydrogens (tertiary/aromatic N) is 3. The van der Waals surface area contributed by atoms with Gasteiger partial charge >= 0.3 is 0 Å². The average Bonchev–Trinajstić information content (AvgIpc) is 3.18. The summed E-state index contributed by atoms with van der Waals surface area (Å²) in [5.74, 6) is 1.66. The highest BCUT2D eigenvalue weighted by molar-refractivity contribution is 5.96. The Morgan fingerprint density at radius 3 is 2.77 bits per heavy atom. The molecule has 0 spiro atoms. The molecule has 0 aliphatic carbocycles. The molecule has 1 atom stereocenters. The summed E-state index contributed by atoms with van der Waals surface area (Å²) in [6.45, 7) is 7.19. The van der Waals surface area contributed by atoms with Gasteiger partial charge in [-0.25, -0.2) is 0 Å². The van der Waals surface area contributed by atoms with Crippen molar-refractivity contribution < 1.29 is 14.4 Å². The number of aryl methyl sites for hydroxylation is 2. The van der Waals surface area contributed by atoms with Gasteiger partial charge in [-0.05, 0) is 33.3 Å². The summed E-state index contributed by atoms with van der Waals surface area (Å²) in [7, 11) is 0. The topological polar surface area (TPSA) is 71.5 Å². The van der Waals surface area contributed by atoms with E-state index < -0.39 is 0 Å². The molecule has 1 aliphatic heterocycles. The average molecular weight is 303 g/mol. The quantitative estimate of drug-likeness (QED) is 0.939. The molecule has 6 nitrogen and oxygen atoms in total. The van der Waals surface area contributed by atoms with Crippen LogP contribution >= 0.6 is 0 Å². The van der Waals surface area contributed by atoms with E-state index in [0.717, 1.165) is 23.6 Å². The molecule has 1 amide bonds. The molecule has 2 aromatic heterocycles. The van der Waals surface area contributed by atoms with Gasteiger partial charge in [-0.15, -0.1) is 0 Å². The Kier molecular flexibility index (Phi) is 3.78. The second-order valence-corrected chi connectivity index (χ2v) is 6.00. The van der Waals surface area contributed by atoms with Gasteiger partial charge in [0.25, 0.3) is 5.91 Å². The molecule has 0 bridgehead atoms. The van der Waals surface area contributed by atoms with Crippen LogP contribution in [0.2, 0.25) is 0 Å². The summed E-state index contributed by atoms with van der Waals surface area (Å²) in [4.78, 5) is 14.5. The molecule has 22 heavy (non-hydrogen) atoms. The van der Waals surface area contributed by atoms with Crippen molar-refractivity contribution in [2.75, 3.05) is 19.7 Å². The Balaban J connectivity index is 1.91. The van der Waals surface area contributed by atoms with E-state index in [0.29, 0.717) is 24.5 Å². The number of aromatic nitrogens is 2. The minimum atomic E-state index is 0.0236. The van der Waals surface area contributed by atoms with E-state index >= 15 is 0 Å². The zero-order valence-electron chi connectivity index (χ0n) is 13.2. The van der Waals surface area contributed by atoms with Crippen molar-refractivity contribution >= 4 is 5.91 Å². The first-order chi connectivity index (χ1) is 10.5. The second-order valence-electron chi connectivity index (χ2n) is 6.00. The Bertz CT molecular complexity index is 702. The highest BCUT2D eigenvalue weighted by Crippen LogP contribution is 2.24. The first-order valence-electron chi connectivity index (χ1n) is 7.54. The highest BCUT2D eigenvalue weighted by atomic mass is 16.5. The van der Waals surface area contributed by atoms with E-state index in [4.69, 9.17) is 4.52 Å². The van der Waals surface area contributed by atoms with E-state index in [1.807, 2.05) is 42.4 Å². The monoisotopic (exact) mass is 303 g/mol. The smallest absolute Gasteiger partial charge is 0.255 e. The molecule has 1 saturated heterocycles. The maximum atomic E-state index is 12.7. The van der Waals surface area contributed by atoms with Gasteiger partial charge in [-0.1, -0.05) is 5.16 Å². The maximum absolute atomic E-state index is 12.7. The number of hydrogen-bond donors (Lipinski definition) is 1. The summed E-state index contributed by atoms with van der Waals surface area (Å²) in [6, 6.07) is 3.75. The van der Waals surface area contributed by atoms with Crippen LogP contribution in [0, 0.1) is 26.7 Å². The van der Waals surface area contributed by atoms with Gasteiger partial charge in [-0.2, -0.15) is 0 Å². The first-order valence-corrected chi connectivity index (χ1v) is 7.54. The fourth-order valence-corrected chi connectivity index (χ4v) is 3.13. The molecule has 0 aromatic carbocycles. The number of amides is 1. The molecule has 6 heteroatoms. The predicted octanol–water partition coefficient (Wildman–Crippen LogP) is 1.84. The fourth-order valence-electron chi connectivity index (χ4n) is 3.13. The van der Waals surface area contributed by atoms with Crippen LogP contribution in [0.3, 0.4) is 0 Å². The summed E-state index contributed by atoms with van der Waals surface area (Å²) in [5.41, 5.74) is 2.51. The molecule has 1 N–H and O–H groups in total. The van der Waals surface area contributed by atoms with Crippen molar-refractivity contribution in [3.8, 4) is 5.82 Å². The van der Waals surface area contributed by atoms with Gasteiger partial charge in [0.1, 0.15) is 5.76 Å². The van der Waals surface area contributed by atoms with Crippen LogP contribution in [0.15, 0.2) is 16.7 Å². The van der Waals surface area contributed by atoms with Gasteiger partial charge in [-0.3, -0.25) is 9.36 Å². The number of likely N-dealkylation sites (tertiary alicyclic amines) is 1. The van der Waals surface area contributed by atoms with Gasteiger partial charge < -0.3 is 14.5 Å². The normalized spacial score (nSPS) is 18.2. The van der Waals surface area contributed by atoms with Crippen LogP contribution in [-0.2, 0) is 0 Å². The number of carbonyl (C=O) groups excluding carboxylic acids is 1. The summed E-state index contributed by atoms with van der Waals surface area (Å²) < 4.78 is 7.07. The van der Waals surface area contributed by atoms with Crippen LogP contribution in [0.5, 0.6) is 0 Å². The number of rotatable bonds is 3. The van der Waals surface area contributed by atoms with Crippen LogP contribution in [0.4, 0.5) is 0 Å². The Hall–Kier alpha value is -2.08. The molecule has 0 radical (unpaired) electrons. The molecule has 2 aromatic rings. The van der Waals surface area contributed by atoms with Crippen LogP contribution in [-0.4, -0.2) is 45.3 Å². The second kappa shape index (κ2) is 5.61. The van der Waals surface area contributed by atoms with Crippen molar-refractivity contribution in [2.45, 2.75) is 27.2 Å². The lowest BCUT2D eigenvalue weighted by Crippen LogP contribution is -2.29. The van der Waals surface area contributed by atoms with Gasteiger partial charge in [0.2, 0.25) is 0 Å². The molecule has 1 unspecified atom stereocenters. The fraction of sp³-hybridized carbons (Fsp3) is 0.500. The Labute approximate surface area is 129 Å². The van der Waals surface area contributed by atoms with Crippen molar-refractivity contribution in [1.29, 1.82) is 0 Å². The summed E-state index contributed by atoms with van der Waals surface area (Å²) >= 11 is 0. The lowest BCUT2D eigenvalue weighted by molar-refractivity contribution is 0.0781. The summed E-state index contributed by atoms with van der Waals surface area (Å²) in [6.07, 6.45) is 0.865. The van der Waals surface area contributed by atoms with Crippen LogP contribution in [0.25, 0.3) is 5.82 Å². The third kappa shape index (κ3) is 2.43. The zero-order chi connectivity index (χ0) is 15.9. The third-order valence-corrected chi connectivity index (χ3v) is 4.34. The number of carbonyl (C=O) groups is 1. The zero-order valence-corrected chi connectivity index (χ0v) is 13.2. The molecule has 3 rings (SSSR count). The minimum Gasteiger partial charge on any atom is -0.396 e. The first kappa shape index (κ1) is 14.8. The van der Waals surface area contributed by atoms with Crippen LogP contribution < -0.4 is 0 Å². The summed E-state index contributed by atoms with van der Waals surface area (Å²) in [5, 5.41) is 13.3. The van der Waals surface area contributed by atoms with Gasteiger partial charge in [0.05, 0.1) is 5.56 Å². The standard InChI is InChI=1S/C16H21N3O3/c1-10-6-14(16(21)18-5-4-13(8-18)9-20)12(3)19(10)15-7-11(2)22-17-15/h6-7,13,20H,4-5,8-9H2,1-3H3. The lowest BCUT2D eigenvalue weighted by atomic mass is 10.1. The SMILES string of the molecule is Cc1cc(-n2c(C)cc(C(=O)N3CCC(CO)C3)c2C)no1. The number of hydrogen-bond acceptors (Lipinski definition) is 4. The van der Waals surface area contributed by atoms with Crippen molar-refractivity contribution in [1.82, 2.24) is 14.6 Å². The van der Waals surface area contributed by atoms with E-state index in [9.17, 15) is 9.90 Å². The Morgan fingerprint density at radius 1 is 1.41 bits per heavy atom. The van der Waals surface area contributed by atoms with Gasteiger partial charge in [0.15, 0.2) is 5.82 Å². The predicted molar refractivity (Wildman–Crippen MR) is 81.1 cm³/mol. The molecule has 1 aliphatic rings. The molecule has 1 fully saturated rings. The molecule has 0 saturated carbocycles.